The molecule has 4 atom stereocenters. The molecular formula is C13H21NO8. The van der Waals surface area contributed by atoms with Gasteiger partial charge >= 0.3 is 0 Å². The van der Waals surface area contributed by atoms with E-state index in [1.54, 1.807) is 0 Å². The average Bonchev–Trinajstić information content (AvgIpc) is 2.44. The minimum absolute atomic E-state index is 0.539. The normalized spacial score (nSPS) is 17.8. The standard InChI is InChI=1S/C13H21NO8/c1-6(16)11(21)13(7(2)17,14(4)8(3)18)12(22)10(20)9(19)5-15/h9-10,12,15,19-20,22H,5H2,1-4H3/t9-,10-,12+,13+/m1/s1. The van der Waals surface area contributed by atoms with E-state index in [1.807, 2.05) is 0 Å². The fraction of sp³-hybridized carbons (Fsp3) is 0.692. The summed E-state index contributed by atoms with van der Waals surface area (Å²) in [7, 11) is 1.01. The number of hydrogen-bond acceptors (Lipinski definition) is 8. The van der Waals surface area contributed by atoms with E-state index in [0.717, 1.165) is 27.8 Å². The molecule has 1 amide bonds. The number of carbonyl (C=O) groups is 4. The van der Waals surface area contributed by atoms with Crippen molar-refractivity contribution in [1.29, 1.82) is 0 Å². The Morgan fingerprint density at radius 3 is 1.77 bits per heavy atom. The number of amides is 1. The third-order valence-corrected chi connectivity index (χ3v) is 3.54. The zero-order valence-corrected chi connectivity index (χ0v) is 12.8. The Hall–Kier alpha value is -1.68. The van der Waals surface area contributed by atoms with Gasteiger partial charge in [-0.15, -0.1) is 0 Å². The molecule has 0 saturated carbocycles. The lowest BCUT2D eigenvalue weighted by Gasteiger charge is -2.42. The highest BCUT2D eigenvalue weighted by Crippen LogP contribution is 2.26. The summed E-state index contributed by atoms with van der Waals surface area (Å²) in [6.07, 6.45) is -6.33. The second-order valence-corrected chi connectivity index (χ2v) is 4.97. The number of Topliss-reactive ketones (excluding diaryl/α,β-unsaturated/α-hetero) is 3. The first kappa shape index (κ1) is 20.3. The lowest BCUT2D eigenvalue weighted by atomic mass is 9.77. The van der Waals surface area contributed by atoms with Gasteiger partial charge in [-0.2, -0.15) is 0 Å². The fourth-order valence-corrected chi connectivity index (χ4v) is 2.17. The fourth-order valence-electron chi connectivity index (χ4n) is 2.17. The summed E-state index contributed by atoms with van der Waals surface area (Å²) in [5.74, 6) is -4.42. The van der Waals surface area contributed by atoms with Gasteiger partial charge in [0.05, 0.1) is 6.61 Å². The smallest absolute Gasteiger partial charge is 0.234 e. The Bertz CT molecular complexity index is 477. The number of ketones is 3. The Morgan fingerprint density at radius 1 is 1.05 bits per heavy atom. The van der Waals surface area contributed by atoms with Gasteiger partial charge in [0.2, 0.25) is 11.7 Å². The lowest BCUT2D eigenvalue weighted by molar-refractivity contribution is -0.173. The zero-order chi connectivity index (χ0) is 17.8. The maximum absolute atomic E-state index is 12.2. The van der Waals surface area contributed by atoms with Crippen LogP contribution in [-0.2, 0) is 19.2 Å². The second kappa shape index (κ2) is 7.54. The summed E-state index contributed by atoms with van der Waals surface area (Å²) >= 11 is 0. The summed E-state index contributed by atoms with van der Waals surface area (Å²) < 4.78 is 0. The first-order valence-corrected chi connectivity index (χ1v) is 6.42. The van der Waals surface area contributed by atoms with Gasteiger partial charge in [0.15, 0.2) is 17.1 Å². The van der Waals surface area contributed by atoms with E-state index in [0.29, 0.717) is 4.90 Å². The largest absolute Gasteiger partial charge is 0.394 e. The summed E-state index contributed by atoms with van der Waals surface area (Å²) in [5.41, 5.74) is -2.69. The Balaban J connectivity index is 6.29. The van der Waals surface area contributed by atoms with E-state index in [2.05, 4.69) is 0 Å². The van der Waals surface area contributed by atoms with Gasteiger partial charge in [0.1, 0.15) is 18.3 Å². The van der Waals surface area contributed by atoms with Crippen LogP contribution in [0.3, 0.4) is 0 Å². The maximum Gasteiger partial charge on any atom is 0.234 e. The topological polar surface area (TPSA) is 152 Å². The summed E-state index contributed by atoms with van der Waals surface area (Å²) in [5, 5.41) is 38.3. The van der Waals surface area contributed by atoms with Gasteiger partial charge < -0.3 is 25.3 Å². The predicted octanol–water partition coefficient (Wildman–Crippen LogP) is -2.97. The molecule has 22 heavy (non-hydrogen) atoms. The number of nitrogens with zero attached hydrogens (tertiary/aromatic N) is 1. The van der Waals surface area contributed by atoms with Crippen LogP contribution in [0, 0.1) is 0 Å². The monoisotopic (exact) mass is 319 g/mol. The molecular weight excluding hydrogens is 298 g/mol. The quantitative estimate of drug-likeness (QED) is 0.273. The molecule has 4 N–H and O–H groups in total. The van der Waals surface area contributed by atoms with Crippen LogP contribution >= 0.6 is 0 Å². The molecule has 0 rings (SSSR count). The molecule has 9 nitrogen and oxygen atoms in total. The Labute approximate surface area is 127 Å². The number of likely N-dealkylation sites (N-methyl/N-ethyl adjacent to an activating group) is 1. The van der Waals surface area contributed by atoms with Crippen molar-refractivity contribution in [3.63, 3.8) is 0 Å². The molecule has 0 radical (unpaired) electrons. The lowest BCUT2D eigenvalue weighted by Crippen LogP contribution is -2.71. The molecule has 0 aromatic carbocycles. The van der Waals surface area contributed by atoms with Crippen LogP contribution in [0.15, 0.2) is 0 Å². The van der Waals surface area contributed by atoms with Crippen molar-refractivity contribution in [2.45, 2.75) is 44.6 Å². The summed E-state index contributed by atoms with van der Waals surface area (Å²) in [6, 6.07) is 0. The first-order valence-electron chi connectivity index (χ1n) is 6.42. The molecule has 0 aliphatic carbocycles. The van der Waals surface area contributed by atoms with Crippen LogP contribution in [0.1, 0.15) is 20.8 Å². The summed E-state index contributed by atoms with van der Waals surface area (Å²) in [6.45, 7) is 1.73. The molecule has 9 heteroatoms. The molecule has 0 aromatic heterocycles. The van der Waals surface area contributed by atoms with Gasteiger partial charge in [-0.1, -0.05) is 0 Å². The number of carbonyl (C=O) groups excluding carboxylic acids is 4. The van der Waals surface area contributed by atoms with Crippen molar-refractivity contribution in [3.8, 4) is 0 Å². The van der Waals surface area contributed by atoms with Crippen LogP contribution < -0.4 is 0 Å². The van der Waals surface area contributed by atoms with Gasteiger partial charge in [-0.05, 0) is 6.92 Å². The van der Waals surface area contributed by atoms with Crippen molar-refractivity contribution in [1.82, 2.24) is 4.90 Å². The van der Waals surface area contributed by atoms with Gasteiger partial charge in [0, 0.05) is 20.9 Å². The van der Waals surface area contributed by atoms with Crippen molar-refractivity contribution in [2.75, 3.05) is 13.7 Å². The number of aliphatic hydroxyl groups is 4. The average molecular weight is 319 g/mol. The highest BCUT2D eigenvalue weighted by molar-refractivity contribution is 6.45. The first-order chi connectivity index (χ1) is 9.95. The minimum Gasteiger partial charge on any atom is -0.394 e. The molecule has 126 valence electrons. The van der Waals surface area contributed by atoms with E-state index >= 15 is 0 Å². The molecule has 0 bridgehead atoms. The Morgan fingerprint density at radius 2 is 1.50 bits per heavy atom. The van der Waals surface area contributed by atoms with Crippen LogP contribution in [0.5, 0.6) is 0 Å². The number of hydrogen-bond donors (Lipinski definition) is 4. The van der Waals surface area contributed by atoms with Crippen LogP contribution in [0.25, 0.3) is 0 Å². The van der Waals surface area contributed by atoms with Crippen molar-refractivity contribution < 1.29 is 39.6 Å². The van der Waals surface area contributed by atoms with E-state index in [4.69, 9.17) is 5.11 Å². The zero-order valence-electron chi connectivity index (χ0n) is 12.8. The Kier molecular flexibility index (Phi) is 6.97. The van der Waals surface area contributed by atoms with Gasteiger partial charge in [0.25, 0.3) is 0 Å². The SMILES string of the molecule is CC(=O)C(=O)[C@@](C(C)=O)([C@@H](O)[C@H](O)[C@H](O)CO)N(C)C(C)=O. The molecule has 0 unspecified atom stereocenters. The number of aliphatic hydroxyl groups excluding tert-OH is 4. The van der Waals surface area contributed by atoms with Crippen molar-refractivity contribution in [3.05, 3.63) is 0 Å². The highest BCUT2D eigenvalue weighted by atomic mass is 16.4. The van der Waals surface area contributed by atoms with E-state index in [-0.39, 0.29) is 0 Å². The molecule has 0 saturated heterocycles. The van der Waals surface area contributed by atoms with Crippen molar-refractivity contribution >= 4 is 23.3 Å². The summed E-state index contributed by atoms with van der Waals surface area (Å²) in [4.78, 5) is 47.8. The minimum atomic E-state index is -2.69. The van der Waals surface area contributed by atoms with E-state index < -0.39 is 53.7 Å². The van der Waals surface area contributed by atoms with Crippen LogP contribution in [0.2, 0.25) is 0 Å². The molecule has 0 spiro atoms. The van der Waals surface area contributed by atoms with E-state index in [9.17, 15) is 34.5 Å². The van der Waals surface area contributed by atoms with E-state index in [1.165, 1.54) is 0 Å². The molecule has 0 aliphatic rings. The van der Waals surface area contributed by atoms with Gasteiger partial charge in [-0.25, -0.2) is 0 Å². The van der Waals surface area contributed by atoms with Crippen LogP contribution in [0.4, 0.5) is 0 Å². The van der Waals surface area contributed by atoms with Crippen molar-refractivity contribution in [2.24, 2.45) is 0 Å². The van der Waals surface area contributed by atoms with Gasteiger partial charge in [-0.3, -0.25) is 19.2 Å². The molecule has 0 aromatic rings. The predicted molar refractivity (Wildman–Crippen MR) is 72.7 cm³/mol. The third kappa shape index (κ3) is 3.38. The molecule has 0 fully saturated rings. The molecule has 0 aliphatic heterocycles. The molecule has 0 heterocycles. The second-order valence-electron chi connectivity index (χ2n) is 4.97. The number of rotatable bonds is 8. The third-order valence-electron chi connectivity index (χ3n) is 3.54. The highest BCUT2D eigenvalue weighted by Gasteiger charge is 2.58. The maximum atomic E-state index is 12.2. The van der Waals surface area contributed by atoms with Crippen LogP contribution in [-0.4, -0.2) is 86.1 Å².